The predicted octanol–water partition coefficient (Wildman–Crippen LogP) is 6.23. The van der Waals surface area contributed by atoms with Crippen LogP contribution in [0.4, 0.5) is 0 Å². The fourth-order valence-corrected chi connectivity index (χ4v) is 5.88. The second-order valence-electron chi connectivity index (χ2n) is 7.52. The molecule has 5 heteroatoms. The summed E-state index contributed by atoms with van der Waals surface area (Å²) in [7, 11) is 0. The van der Waals surface area contributed by atoms with Crippen LogP contribution >= 0.6 is 31.9 Å². The summed E-state index contributed by atoms with van der Waals surface area (Å²) in [6, 6.07) is 16.9. The van der Waals surface area contributed by atoms with E-state index >= 15 is 0 Å². The zero-order valence-corrected chi connectivity index (χ0v) is 17.8. The Morgan fingerprint density at radius 2 is 1.65 bits per heavy atom. The summed E-state index contributed by atoms with van der Waals surface area (Å²) in [4.78, 5) is 0. The van der Waals surface area contributed by atoms with Crippen molar-refractivity contribution < 1.29 is 5.21 Å². The third kappa shape index (κ3) is 2.85. The van der Waals surface area contributed by atoms with Crippen molar-refractivity contribution in [2.75, 3.05) is 0 Å². The first-order chi connectivity index (χ1) is 12.6. The molecule has 2 aliphatic rings. The van der Waals surface area contributed by atoms with Crippen LogP contribution in [-0.4, -0.2) is 10.9 Å². The van der Waals surface area contributed by atoms with E-state index < -0.39 is 0 Å². The van der Waals surface area contributed by atoms with Crippen LogP contribution in [0.5, 0.6) is 0 Å². The number of nitrogens with one attached hydrogen (secondary N) is 1. The predicted molar refractivity (Wildman–Crippen MR) is 112 cm³/mol. The van der Waals surface area contributed by atoms with Gasteiger partial charge >= 0.3 is 0 Å². The van der Waals surface area contributed by atoms with E-state index in [2.05, 4.69) is 85.7 Å². The highest BCUT2D eigenvalue weighted by Gasteiger charge is 2.53. The van der Waals surface area contributed by atoms with E-state index in [4.69, 9.17) is 0 Å². The minimum absolute atomic E-state index is 0.0811. The molecule has 0 aromatic heterocycles. The molecule has 2 aromatic carbocycles. The summed E-state index contributed by atoms with van der Waals surface area (Å²) in [5.41, 5.74) is 3.18. The van der Waals surface area contributed by atoms with Crippen LogP contribution in [0.25, 0.3) is 0 Å². The number of rotatable bonds is 2. The highest BCUT2D eigenvalue weighted by atomic mass is 79.9. The van der Waals surface area contributed by atoms with Gasteiger partial charge < -0.3 is 10.5 Å². The van der Waals surface area contributed by atoms with Crippen LogP contribution in [0.15, 0.2) is 62.6 Å². The molecule has 26 heavy (non-hydrogen) atoms. The molecule has 136 valence electrons. The Hall–Kier alpha value is -1.17. The SMILES string of the molecule is CC12CCCC(/C1=N\O)C(c1ccccc1Br)NC2c1ccccc1Br. The molecule has 4 rings (SSSR count). The molecule has 2 aromatic rings. The lowest BCUT2D eigenvalue weighted by atomic mass is 9.58. The van der Waals surface area contributed by atoms with Crippen LogP contribution in [-0.2, 0) is 0 Å². The van der Waals surface area contributed by atoms with Gasteiger partial charge in [0, 0.05) is 32.4 Å². The Morgan fingerprint density at radius 1 is 1.04 bits per heavy atom. The molecule has 1 saturated heterocycles. The number of oxime groups is 1. The number of halogens is 2. The third-order valence-corrected chi connectivity index (χ3v) is 7.54. The van der Waals surface area contributed by atoms with Gasteiger partial charge in [-0.05, 0) is 36.1 Å². The summed E-state index contributed by atoms with van der Waals surface area (Å²) in [5.74, 6) is 0.205. The Morgan fingerprint density at radius 3 is 2.27 bits per heavy atom. The molecule has 2 bridgehead atoms. The molecule has 4 unspecified atom stereocenters. The van der Waals surface area contributed by atoms with E-state index in [1.165, 1.54) is 11.1 Å². The van der Waals surface area contributed by atoms with Gasteiger partial charge in [-0.1, -0.05) is 86.8 Å². The average Bonchev–Trinajstić information content (AvgIpc) is 2.63. The number of hydrogen-bond donors (Lipinski definition) is 2. The van der Waals surface area contributed by atoms with Gasteiger partial charge in [0.15, 0.2) is 0 Å². The molecule has 0 amide bonds. The first-order valence-corrected chi connectivity index (χ1v) is 10.6. The molecule has 1 aliphatic heterocycles. The maximum absolute atomic E-state index is 9.97. The first kappa shape index (κ1) is 18.2. The van der Waals surface area contributed by atoms with Crippen LogP contribution in [0.3, 0.4) is 0 Å². The second-order valence-corrected chi connectivity index (χ2v) is 9.23. The summed E-state index contributed by atoms with van der Waals surface area (Å²) < 4.78 is 2.18. The van der Waals surface area contributed by atoms with Crippen molar-refractivity contribution in [2.24, 2.45) is 16.5 Å². The molecule has 0 radical (unpaired) electrons. The Bertz CT molecular complexity index is 853. The van der Waals surface area contributed by atoms with Gasteiger partial charge in [0.1, 0.15) is 0 Å². The Labute approximate surface area is 171 Å². The standard InChI is InChI=1S/C21H22Br2N2O/c1-21-12-6-9-15(20(21)25-26)18(13-7-2-4-10-16(13)22)24-19(21)14-8-3-5-11-17(14)23/h2-5,7-8,10-11,15,18-19,24,26H,6,9,12H2,1H3/b25-20+. The van der Waals surface area contributed by atoms with Crippen LogP contribution in [0.2, 0.25) is 0 Å². The second kappa shape index (κ2) is 7.10. The van der Waals surface area contributed by atoms with Gasteiger partial charge in [0.25, 0.3) is 0 Å². The van der Waals surface area contributed by atoms with E-state index in [0.717, 1.165) is 33.9 Å². The van der Waals surface area contributed by atoms with Gasteiger partial charge in [-0.2, -0.15) is 0 Å². The smallest absolute Gasteiger partial charge is 0.0698 e. The minimum atomic E-state index is -0.195. The van der Waals surface area contributed by atoms with Gasteiger partial charge in [0.05, 0.1) is 5.71 Å². The van der Waals surface area contributed by atoms with E-state index in [9.17, 15) is 5.21 Å². The van der Waals surface area contributed by atoms with Crippen molar-refractivity contribution in [2.45, 2.75) is 38.3 Å². The molecule has 1 saturated carbocycles. The summed E-state index contributed by atoms with van der Waals surface area (Å²) in [6.45, 7) is 2.24. The van der Waals surface area contributed by atoms with Crippen molar-refractivity contribution in [1.29, 1.82) is 0 Å². The van der Waals surface area contributed by atoms with E-state index in [0.29, 0.717) is 0 Å². The topological polar surface area (TPSA) is 44.6 Å². The Kier molecular flexibility index (Phi) is 4.97. The van der Waals surface area contributed by atoms with Crippen molar-refractivity contribution >= 4 is 37.6 Å². The molecule has 3 nitrogen and oxygen atoms in total. The van der Waals surface area contributed by atoms with Crippen molar-refractivity contribution in [3.63, 3.8) is 0 Å². The van der Waals surface area contributed by atoms with Crippen LogP contribution in [0.1, 0.15) is 49.4 Å². The maximum atomic E-state index is 9.97. The summed E-state index contributed by atoms with van der Waals surface area (Å²) in [5, 5.41) is 17.8. The molecule has 4 atom stereocenters. The minimum Gasteiger partial charge on any atom is -0.411 e. The first-order valence-electron chi connectivity index (χ1n) is 9.03. The molecular weight excluding hydrogens is 456 g/mol. The number of benzene rings is 2. The van der Waals surface area contributed by atoms with Gasteiger partial charge in [0.2, 0.25) is 0 Å². The van der Waals surface area contributed by atoms with Crippen molar-refractivity contribution in [3.05, 3.63) is 68.6 Å². The summed E-state index contributed by atoms with van der Waals surface area (Å²) in [6.07, 6.45) is 3.20. The van der Waals surface area contributed by atoms with Gasteiger partial charge in [-0.15, -0.1) is 0 Å². The fourth-order valence-electron chi connectivity index (χ4n) is 4.84. The van der Waals surface area contributed by atoms with E-state index in [1.807, 2.05) is 12.1 Å². The zero-order chi connectivity index (χ0) is 18.3. The lowest BCUT2D eigenvalue weighted by Crippen LogP contribution is -2.56. The Balaban J connectivity index is 1.87. The third-order valence-electron chi connectivity index (χ3n) is 6.10. The average molecular weight is 478 g/mol. The molecular formula is C21H22Br2N2O. The van der Waals surface area contributed by atoms with Gasteiger partial charge in [-0.25, -0.2) is 0 Å². The number of nitrogens with zero attached hydrogens (tertiary/aromatic N) is 1. The molecule has 2 fully saturated rings. The fraction of sp³-hybridized carbons (Fsp3) is 0.381. The van der Waals surface area contributed by atoms with Crippen LogP contribution < -0.4 is 5.32 Å². The zero-order valence-electron chi connectivity index (χ0n) is 14.6. The lowest BCUT2D eigenvalue weighted by Gasteiger charge is -2.53. The van der Waals surface area contributed by atoms with Crippen molar-refractivity contribution in [1.82, 2.24) is 5.32 Å². The quantitative estimate of drug-likeness (QED) is 0.397. The van der Waals surface area contributed by atoms with Crippen LogP contribution in [0, 0.1) is 11.3 Å². The van der Waals surface area contributed by atoms with Gasteiger partial charge in [-0.3, -0.25) is 0 Å². The van der Waals surface area contributed by atoms with Crippen molar-refractivity contribution in [3.8, 4) is 0 Å². The normalized spacial score (nSPS) is 32.6. The molecule has 2 N–H and O–H groups in total. The largest absolute Gasteiger partial charge is 0.411 e. The molecule has 1 aliphatic carbocycles. The highest BCUT2D eigenvalue weighted by molar-refractivity contribution is 9.10. The lowest BCUT2D eigenvalue weighted by molar-refractivity contribution is 0.146. The molecule has 0 spiro atoms. The summed E-state index contributed by atoms with van der Waals surface area (Å²) >= 11 is 7.44. The maximum Gasteiger partial charge on any atom is 0.0698 e. The van der Waals surface area contributed by atoms with E-state index in [1.54, 1.807) is 0 Å². The number of fused-ring (bicyclic) bond motifs is 2. The molecule has 1 heterocycles. The number of piperidine rings is 1. The highest BCUT2D eigenvalue weighted by Crippen LogP contribution is 2.54. The monoisotopic (exact) mass is 476 g/mol. The number of hydrogen-bond acceptors (Lipinski definition) is 3. The van der Waals surface area contributed by atoms with E-state index in [-0.39, 0.29) is 23.4 Å².